The first-order valence-corrected chi connectivity index (χ1v) is 5.10. The van der Waals surface area contributed by atoms with Gasteiger partial charge in [0.05, 0.1) is 26.9 Å². The first-order chi connectivity index (χ1) is 7.67. The fourth-order valence-corrected chi connectivity index (χ4v) is 1.50. The van der Waals surface area contributed by atoms with Crippen LogP contribution in [0.3, 0.4) is 0 Å². The van der Waals surface area contributed by atoms with Crippen LogP contribution < -0.4 is 19.5 Å². The predicted octanol–water partition coefficient (Wildman–Crippen LogP) is 1.61. The van der Waals surface area contributed by atoms with E-state index in [1.165, 1.54) is 0 Å². The summed E-state index contributed by atoms with van der Waals surface area (Å²) in [6.45, 7) is 0. The van der Waals surface area contributed by atoms with Gasteiger partial charge >= 0.3 is 0 Å². The van der Waals surface area contributed by atoms with Gasteiger partial charge in [0.2, 0.25) is 0 Å². The molecule has 1 rings (SSSR count). The van der Waals surface area contributed by atoms with Crippen molar-refractivity contribution in [2.45, 2.75) is 0 Å². The molecule has 0 unspecified atom stereocenters. The molecule has 0 fully saturated rings. The van der Waals surface area contributed by atoms with Gasteiger partial charge in [0.15, 0.2) is 11.5 Å². The molecule has 1 aromatic carbocycles. The van der Waals surface area contributed by atoms with Gasteiger partial charge in [0, 0.05) is 13.1 Å². The third-order valence-electron chi connectivity index (χ3n) is 2.18. The summed E-state index contributed by atoms with van der Waals surface area (Å²) >= 11 is 5.18. The van der Waals surface area contributed by atoms with Gasteiger partial charge in [-0.2, -0.15) is 0 Å². The molecule has 0 radical (unpaired) electrons. The second kappa shape index (κ2) is 5.55. The summed E-state index contributed by atoms with van der Waals surface area (Å²) in [7, 11) is 6.51. The molecule has 0 saturated heterocycles. The Morgan fingerprint density at radius 2 is 1.50 bits per heavy atom. The summed E-state index contributed by atoms with van der Waals surface area (Å²) in [5, 5.41) is 2.90. The molecule has 88 valence electrons. The highest BCUT2D eigenvalue weighted by Gasteiger charge is 2.14. The van der Waals surface area contributed by atoms with E-state index >= 15 is 0 Å². The highest BCUT2D eigenvalue weighted by Crippen LogP contribution is 2.34. The summed E-state index contributed by atoms with van der Waals surface area (Å²) in [5.41, 5.74) is 0.776. The number of thiocarbonyl (C=S) groups is 1. The highest BCUT2D eigenvalue weighted by molar-refractivity contribution is 7.80. The molecule has 0 amide bonds. The average molecular weight is 241 g/mol. The molecule has 0 aliphatic rings. The number of hydrogen-bond donors (Lipinski definition) is 1. The van der Waals surface area contributed by atoms with Gasteiger partial charge in [0.25, 0.3) is 0 Å². The SMILES string of the molecule is CNC(=S)c1cc(OC)c(OC)cc1OC. The van der Waals surface area contributed by atoms with Crippen LogP contribution in [0.15, 0.2) is 12.1 Å². The van der Waals surface area contributed by atoms with Crippen molar-refractivity contribution in [3.05, 3.63) is 17.7 Å². The van der Waals surface area contributed by atoms with Crippen LogP contribution in [0.25, 0.3) is 0 Å². The smallest absolute Gasteiger partial charge is 0.164 e. The summed E-state index contributed by atoms with van der Waals surface area (Å²) in [6, 6.07) is 3.54. The molecule has 16 heavy (non-hydrogen) atoms. The molecule has 0 aromatic heterocycles. The largest absolute Gasteiger partial charge is 0.496 e. The summed E-state index contributed by atoms with van der Waals surface area (Å²) < 4.78 is 15.6. The Hall–Kier alpha value is -1.49. The molecule has 0 saturated carbocycles. The lowest BCUT2D eigenvalue weighted by molar-refractivity contribution is 0.349. The lowest BCUT2D eigenvalue weighted by Crippen LogP contribution is -2.17. The van der Waals surface area contributed by atoms with E-state index < -0.39 is 0 Å². The van der Waals surface area contributed by atoms with E-state index in [-0.39, 0.29) is 0 Å². The van der Waals surface area contributed by atoms with Crippen LogP contribution in [-0.4, -0.2) is 33.4 Å². The molecule has 0 aliphatic carbocycles. The minimum atomic E-state index is 0.595. The van der Waals surface area contributed by atoms with E-state index in [0.717, 1.165) is 5.56 Å². The van der Waals surface area contributed by atoms with Gasteiger partial charge in [-0.15, -0.1) is 0 Å². The van der Waals surface area contributed by atoms with Gasteiger partial charge in [-0.1, -0.05) is 12.2 Å². The zero-order valence-electron chi connectivity index (χ0n) is 9.79. The molecule has 0 atom stereocenters. The summed E-state index contributed by atoms with van der Waals surface area (Å²) in [5.74, 6) is 1.88. The number of benzene rings is 1. The summed E-state index contributed by atoms with van der Waals surface area (Å²) in [6.07, 6.45) is 0. The van der Waals surface area contributed by atoms with Crippen LogP contribution in [0.1, 0.15) is 5.56 Å². The molecule has 1 N–H and O–H groups in total. The zero-order valence-corrected chi connectivity index (χ0v) is 10.6. The molecular formula is C11H15NO3S. The Bertz CT molecular complexity index is 393. The van der Waals surface area contributed by atoms with Crippen molar-refractivity contribution >= 4 is 17.2 Å². The second-order valence-electron chi connectivity index (χ2n) is 2.99. The van der Waals surface area contributed by atoms with E-state index in [1.807, 2.05) is 0 Å². The number of nitrogens with one attached hydrogen (secondary N) is 1. The minimum Gasteiger partial charge on any atom is -0.496 e. The van der Waals surface area contributed by atoms with Crippen LogP contribution >= 0.6 is 12.2 Å². The van der Waals surface area contributed by atoms with Crippen LogP contribution in [0.5, 0.6) is 17.2 Å². The van der Waals surface area contributed by atoms with Crippen LogP contribution in [0.2, 0.25) is 0 Å². The van der Waals surface area contributed by atoms with E-state index in [9.17, 15) is 0 Å². The normalized spacial score (nSPS) is 9.50. The lowest BCUT2D eigenvalue weighted by Gasteiger charge is -2.14. The Morgan fingerprint density at radius 3 is 1.94 bits per heavy atom. The lowest BCUT2D eigenvalue weighted by atomic mass is 10.1. The number of methoxy groups -OCH3 is 3. The fourth-order valence-electron chi connectivity index (χ4n) is 1.34. The van der Waals surface area contributed by atoms with Gasteiger partial charge in [0.1, 0.15) is 10.7 Å². The number of rotatable bonds is 4. The highest BCUT2D eigenvalue weighted by atomic mass is 32.1. The predicted molar refractivity (Wildman–Crippen MR) is 66.9 cm³/mol. The molecule has 0 heterocycles. The molecule has 4 nitrogen and oxygen atoms in total. The van der Waals surface area contributed by atoms with Crippen molar-refractivity contribution < 1.29 is 14.2 Å². The van der Waals surface area contributed by atoms with Crippen molar-refractivity contribution in [1.29, 1.82) is 0 Å². The Kier molecular flexibility index (Phi) is 4.37. The minimum absolute atomic E-state index is 0.595. The standard InChI is InChI=1S/C11H15NO3S/c1-12-11(16)7-5-9(14-3)10(15-4)6-8(7)13-2/h5-6H,1-4H3,(H,12,16). The van der Waals surface area contributed by atoms with Crippen LogP contribution in [-0.2, 0) is 0 Å². The van der Waals surface area contributed by atoms with Gasteiger partial charge in [-0.25, -0.2) is 0 Å². The van der Waals surface area contributed by atoms with E-state index in [1.54, 1.807) is 40.5 Å². The maximum absolute atomic E-state index is 5.25. The number of hydrogen-bond acceptors (Lipinski definition) is 4. The Morgan fingerprint density at radius 1 is 1.00 bits per heavy atom. The first kappa shape index (κ1) is 12.6. The quantitative estimate of drug-likeness (QED) is 0.811. The second-order valence-corrected chi connectivity index (χ2v) is 3.39. The van der Waals surface area contributed by atoms with Crippen molar-refractivity contribution in [1.82, 2.24) is 5.32 Å². The molecule has 0 aliphatic heterocycles. The van der Waals surface area contributed by atoms with Crippen molar-refractivity contribution in [2.24, 2.45) is 0 Å². The maximum atomic E-state index is 5.25. The third-order valence-corrected chi connectivity index (χ3v) is 2.60. The fraction of sp³-hybridized carbons (Fsp3) is 0.364. The van der Waals surface area contributed by atoms with Crippen molar-refractivity contribution in [2.75, 3.05) is 28.4 Å². The van der Waals surface area contributed by atoms with Gasteiger partial charge < -0.3 is 19.5 Å². The van der Waals surface area contributed by atoms with Crippen LogP contribution in [0.4, 0.5) is 0 Å². The molecule has 0 bridgehead atoms. The maximum Gasteiger partial charge on any atom is 0.164 e. The molecular weight excluding hydrogens is 226 g/mol. The van der Waals surface area contributed by atoms with Gasteiger partial charge in [-0.05, 0) is 6.07 Å². The first-order valence-electron chi connectivity index (χ1n) is 4.70. The Labute approximate surface area is 101 Å². The van der Waals surface area contributed by atoms with Gasteiger partial charge in [-0.3, -0.25) is 0 Å². The van der Waals surface area contributed by atoms with Crippen molar-refractivity contribution in [3.8, 4) is 17.2 Å². The van der Waals surface area contributed by atoms with E-state index in [0.29, 0.717) is 22.2 Å². The Balaban J connectivity index is 3.31. The monoisotopic (exact) mass is 241 g/mol. The summed E-state index contributed by atoms with van der Waals surface area (Å²) in [4.78, 5) is 0.595. The number of ether oxygens (including phenoxy) is 3. The van der Waals surface area contributed by atoms with Crippen molar-refractivity contribution in [3.63, 3.8) is 0 Å². The van der Waals surface area contributed by atoms with Crippen LogP contribution in [0, 0.1) is 0 Å². The topological polar surface area (TPSA) is 39.7 Å². The molecule has 0 spiro atoms. The van der Waals surface area contributed by atoms with E-state index in [2.05, 4.69) is 5.32 Å². The molecule has 5 heteroatoms. The van der Waals surface area contributed by atoms with E-state index in [4.69, 9.17) is 26.4 Å². The third kappa shape index (κ3) is 2.36. The average Bonchev–Trinajstić information content (AvgIpc) is 2.35. The molecule has 1 aromatic rings. The zero-order chi connectivity index (χ0) is 12.1.